The van der Waals surface area contributed by atoms with Crippen LogP contribution in [0.5, 0.6) is 0 Å². The molecule has 0 saturated carbocycles. The Balaban J connectivity index is 1.97. The molecule has 6 heteroatoms. The van der Waals surface area contributed by atoms with Gasteiger partial charge in [0.1, 0.15) is 5.82 Å². The Labute approximate surface area is 150 Å². The molecule has 0 heterocycles. The Morgan fingerprint density at radius 2 is 1.85 bits per heavy atom. The van der Waals surface area contributed by atoms with Gasteiger partial charge in [0.25, 0.3) is 0 Å². The van der Waals surface area contributed by atoms with Gasteiger partial charge in [-0.3, -0.25) is 4.79 Å². The fourth-order valence-corrected chi connectivity index (χ4v) is 2.98. The third-order valence-electron chi connectivity index (χ3n) is 4.27. The first kappa shape index (κ1) is 20.0. The summed E-state index contributed by atoms with van der Waals surface area (Å²) in [4.78, 5) is 11.1. The number of hydrogen-bond acceptors (Lipinski definition) is 2. The van der Waals surface area contributed by atoms with Crippen LogP contribution in [-0.2, 0) is 11.2 Å². The molecule has 26 heavy (non-hydrogen) atoms. The van der Waals surface area contributed by atoms with E-state index >= 15 is 0 Å². The van der Waals surface area contributed by atoms with Crippen molar-refractivity contribution in [1.82, 2.24) is 5.32 Å². The molecule has 2 aromatic rings. The van der Waals surface area contributed by atoms with Gasteiger partial charge >= 0.3 is 5.97 Å². The zero-order chi connectivity index (χ0) is 19.1. The molecular weight excluding hydrogens is 343 g/mol. The number of aryl methyl sites for hydroxylation is 1. The third-order valence-corrected chi connectivity index (χ3v) is 4.27. The molecule has 0 fully saturated rings. The molecule has 2 atom stereocenters. The smallest absolute Gasteiger partial charge is 0.304 e. The van der Waals surface area contributed by atoms with Gasteiger partial charge in [-0.2, -0.15) is 0 Å². The van der Waals surface area contributed by atoms with E-state index in [1.165, 1.54) is 0 Å². The number of hydrogen-bond donors (Lipinski definition) is 2. The molecule has 0 aliphatic carbocycles. The zero-order valence-electron chi connectivity index (χ0n) is 14.5. The Hall–Kier alpha value is -2.34. The number of carbonyl (C=O) groups is 1. The maximum absolute atomic E-state index is 13.7. The quantitative estimate of drug-likeness (QED) is 0.638. The van der Waals surface area contributed by atoms with Crippen molar-refractivity contribution in [3.63, 3.8) is 0 Å². The highest BCUT2D eigenvalue weighted by Gasteiger charge is 2.17. The maximum atomic E-state index is 13.7. The first-order chi connectivity index (χ1) is 12.4. The van der Waals surface area contributed by atoms with Gasteiger partial charge in [-0.1, -0.05) is 30.3 Å². The highest BCUT2D eigenvalue weighted by Crippen LogP contribution is 2.19. The maximum Gasteiger partial charge on any atom is 0.304 e. The van der Waals surface area contributed by atoms with Crippen LogP contribution in [0.15, 0.2) is 42.5 Å². The highest BCUT2D eigenvalue weighted by molar-refractivity contribution is 5.67. The van der Waals surface area contributed by atoms with E-state index in [0.717, 1.165) is 11.6 Å². The van der Waals surface area contributed by atoms with E-state index in [9.17, 15) is 18.0 Å². The number of carboxylic acids is 1. The zero-order valence-corrected chi connectivity index (χ0v) is 14.5. The molecule has 0 saturated heterocycles. The first-order valence-corrected chi connectivity index (χ1v) is 8.53. The second-order valence-electron chi connectivity index (χ2n) is 6.35. The van der Waals surface area contributed by atoms with Crippen LogP contribution in [0.4, 0.5) is 13.2 Å². The van der Waals surface area contributed by atoms with E-state index < -0.39 is 23.4 Å². The van der Waals surface area contributed by atoms with Crippen LogP contribution in [0, 0.1) is 17.5 Å². The first-order valence-electron chi connectivity index (χ1n) is 8.53. The molecule has 0 aromatic heterocycles. The summed E-state index contributed by atoms with van der Waals surface area (Å²) < 4.78 is 40.2. The molecule has 2 N–H and O–H groups in total. The molecule has 0 aliphatic rings. The van der Waals surface area contributed by atoms with Crippen LogP contribution in [-0.4, -0.2) is 17.1 Å². The molecule has 0 unspecified atom stereocenters. The predicted molar refractivity (Wildman–Crippen MR) is 93.3 cm³/mol. The Bertz CT molecular complexity index is 737. The van der Waals surface area contributed by atoms with E-state index in [1.54, 1.807) is 0 Å². The fourth-order valence-electron chi connectivity index (χ4n) is 2.98. The number of halogens is 3. The van der Waals surface area contributed by atoms with Crippen LogP contribution >= 0.6 is 0 Å². The van der Waals surface area contributed by atoms with Gasteiger partial charge in [0.15, 0.2) is 11.6 Å². The predicted octanol–water partition coefficient (Wildman–Crippen LogP) is 4.62. The SMILES string of the molecule is C[C@@H](N[C@H](CCCc1cc(F)cc(F)c1F)CC(=O)O)c1ccccc1. The molecule has 0 amide bonds. The number of carboxylic acid groups (broad SMARTS) is 1. The van der Waals surface area contributed by atoms with Crippen LogP contribution < -0.4 is 5.32 Å². The monoisotopic (exact) mass is 365 g/mol. The van der Waals surface area contributed by atoms with Gasteiger partial charge in [0, 0.05) is 18.2 Å². The third kappa shape index (κ3) is 5.88. The lowest BCUT2D eigenvalue weighted by Crippen LogP contribution is -2.33. The van der Waals surface area contributed by atoms with Crippen molar-refractivity contribution >= 4 is 5.97 Å². The molecule has 0 radical (unpaired) electrons. The Morgan fingerprint density at radius 1 is 1.15 bits per heavy atom. The van der Waals surface area contributed by atoms with Gasteiger partial charge in [-0.25, -0.2) is 13.2 Å². The average molecular weight is 365 g/mol. The van der Waals surface area contributed by atoms with Crippen molar-refractivity contribution in [3.8, 4) is 0 Å². The van der Waals surface area contributed by atoms with Crippen molar-refractivity contribution in [3.05, 3.63) is 71.0 Å². The van der Waals surface area contributed by atoms with Crippen molar-refractivity contribution in [2.75, 3.05) is 0 Å². The summed E-state index contributed by atoms with van der Waals surface area (Å²) >= 11 is 0. The van der Waals surface area contributed by atoms with Crippen molar-refractivity contribution in [2.45, 2.75) is 44.7 Å². The molecular formula is C20H22F3NO2. The molecule has 0 aliphatic heterocycles. The van der Waals surface area contributed by atoms with Crippen molar-refractivity contribution < 1.29 is 23.1 Å². The molecule has 3 nitrogen and oxygen atoms in total. The molecule has 0 spiro atoms. The lowest BCUT2D eigenvalue weighted by molar-refractivity contribution is -0.137. The lowest BCUT2D eigenvalue weighted by atomic mass is 10.00. The van der Waals surface area contributed by atoms with Crippen LogP contribution in [0.25, 0.3) is 0 Å². The van der Waals surface area contributed by atoms with Gasteiger partial charge in [0.05, 0.1) is 6.42 Å². The highest BCUT2D eigenvalue weighted by atomic mass is 19.2. The molecule has 0 bridgehead atoms. The summed E-state index contributed by atoms with van der Waals surface area (Å²) in [5.41, 5.74) is 0.994. The Kier molecular flexibility index (Phi) is 7.21. The van der Waals surface area contributed by atoms with Crippen LogP contribution in [0.3, 0.4) is 0 Å². The van der Waals surface area contributed by atoms with Gasteiger partial charge in [-0.15, -0.1) is 0 Å². The van der Waals surface area contributed by atoms with E-state index in [2.05, 4.69) is 5.32 Å². The van der Waals surface area contributed by atoms with Gasteiger partial charge in [-0.05, 0) is 43.4 Å². The minimum absolute atomic E-state index is 0.0346. The normalized spacial score (nSPS) is 13.4. The average Bonchev–Trinajstić information content (AvgIpc) is 2.59. The minimum Gasteiger partial charge on any atom is -0.481 e. The van der Waals surface area contributed by atoms with Crippen LogP contribution in [0.2, 0.25) is 0 Å². The second-order valence-corrected chi connectivity index (χ2v) is 6.35. The largest absolute Gasteiger partial charge is 0.481 e. The Morgan fingerprint density at radius 3 is 2.50 bits per heavy atom. The summed E-state index contributed by atoms with van der Waals surface area (Å²) in [7, 11) is 0. The summed E-state index contributed by atoms with van der Waals surface area (Å²) in [6, 6.07) is 10.7. The molecule has 140 valence electrons. The number of aliphatic carboxylic acids is 1. The van der Waals surface area contributed by atoms with Gasteiger partial charge < -0.3 is 10.4 Å². The number of benzene rings is 2. The second kappa shape index (κ2) is 9.38. The molecule has 2 aromatic carbocycles. The van der Waals surface area contributed by atoms with Crippen molar-refractivity contribution in [1.29, 1.82) is 0 Å². The van der Waals surface area contributed by atoms with Crippen molar-refractivity contribution in [2.24, 2.45) is 0 Å². The van der Waals surface area contributed by atoms with Crippen LogP contribution in [0.1, 0.15) is 43.4 Å². The topological polar surface area (TPSA) is 49.3 Å². The van der Waals surface area contributed by atoms with E-state index in [-0.39, 0.29) is 30.5 Å². The minimum atomic E-state index is -1.21. The number of nitrogens with one attached hydrogen (secondary N) is 1. The fraction of sp³-hybridized carbons (Fsp3) is 0.350. The summed E-state index contributed by atoms with van der Waals surface area (Å²) in [5, 5.41) is 12.4. The molecule has 2 rings (SSSR count). The lowest BCUT2D eigenvalue weighted by Gasteiger charge is -2.22. The summed E-state index contributed by atoms with van der Waals surface area (Å²) in [6.45, 7) is 1.94. The summed E-state index contributed by atoms with van der Waals surface area (Å²) in [6.07, 6.45) is 0.905. The number of rotatable bonds is 9. The van der Waals surface area contributed by atoms with E-state index in [1.807, 2.05) is 37.3 Å². The van der Waals surface area contributed by atoms with Gasteiger partial charge in [0.2, 0.25) is 0 Å². The van der Waals surface area contributed by atoms with E-state index in [0.29, 0.717) is 18.9 Å². The van der Waals surface area contributed by atoms with E-state index in [4.69, 9.17) is 5.11 Å². The summed E-state index contributed by atoms with van der Waals surface area (Å²) in [5.74, 6) is -4.02. The standard InChI is InChI=1S/C20H22F3NO2/c1-13(14-6-3-2-4-7-14)24-17(12-19(25)26)9-5-8-15-10-16(21)11-18(22)20(15)23/h2-4,6-7,10-11,13,17,24H,5,8-9,12H2,1H3,(H,25,26)/t13-,17-/m1/s1.